The summed E-state index contributed by atoms with van der Waals surface area (Å²) in [5, 5.41) is 4.47. The number of rotatable bonds is 8. The van der Waals surface area contributed by atoms with Crippen molar-refractivity contribution in [3.8, 4) is 39.0 Å². The van der Waals surface area contributed by atoms with Gasteiger partial charge in [0.25, 0.3) is 0 Å². The fraction of sp³-hybridized carbons (Fsp3) is 0.192. The van der Waals surface area contributed by atoms with Crippen LogP contribution in [-0.2, 0) is 11.8 Å². The molecule has 2 aromatic carbocycles. The molecule has 7 nitrogen and oxygen atoms in total. The number of nitrogens with one attached hydrogen (secondary N) is 1. The van der Waals surface area contributed by atoms with Gasteiger partial charge >= 0.3 is 0 Å². The molecule has 0 fully saturated rings. The molecule has 3 aromatic heterocycles. The molecule has 1 N–H and O–H groups in total. The van der Waals surface area contributed by atoms with Gasteiger partial charge in [0.1, 0.15) is 16.4 Å². The highest BCUT2D eigenvalue weighted by atomic mass is 32.1. The van der Waals surface area contributed by atoms with Crippen molar-refractivity contribution in [2.75, 3.05) is 32.7 Å². The Kier molecular flexibility index (Phi) is 6.24. The highest BCUT2D eigenvalue weighted by Crippen LogP contribution is 2.47. The van der Waals surface area contributed by atoms with Crippen LogP contribution in [0.3, 0.4) is 0 Å². The van der Waals surface area contributed by atoms with Gasteiger partial charge in [-0.3, -0.25) is 0 Å². The minimum Gasteiger partial charge on any atom is -0.497 e. The number of fused-ring (bicyclic) bond motifs is 1. The predicted molar refractivity (Wildman–Crippen MR) is 137 cm³/mol. The van der Waals surface area contributed by atoms with E-state index in [1.54, 1.807) is 31.8 Å². The van der Waals surface area contributed by atoms with Crippen molar-refractivity contribution in [3.05, 3.63) is 67.0 Å². The quantitative estimate of drug-likeness (QED) is 0.302. The van der Waals surface area contributed by atoms with E-state index in [9.17, 15) is 0 Å². The Morgan fingerprint density at radius 1 is 0.971 bits per heavy atom. The molecule has 0 atom stereocenters. The number of aryl methyl sites for hydroxylation is 1. The fourth-order valence-corrected chi connectivity index (χ4v) is 5.11. The van der Waals surface area contributed by atoms with Crippen LogP contribution in [0.25, 0.3) is 43.4 Å². The van der Waals surface area contributed by atoms with Crippen LogP contribution in [-0.4, -0.2) is 46.9 Å². The van der Waals surface area contributed by atoms with E-state index in [2.05, 4.69) is 46.7 Å². The fourth-order valence-electron chi connectivity index (χ4n) is 3.91. The van der Waals surface area contributed by atoms with Gasteiger partial charge in [-0.25, -0.2) is 15.0 Å². The third-order valence-electron chi connectivity index (χ3n) is 5.59. The molecule has 0 aliphatic heterocycles. The Morgan fingerprint density at radius 3 is 2.44 bits per heavy atom. The topological polar surface area (TPSA) is 74.1 Å². The van der Waals surface area contributed by atoms with E-state index in [0.29, 0.717) is 19.0 Å². The molecular formula is C26H25N5O2S. The van der Waals surface area contributed by atoms with Crippen LogP contribution < -0.4 is 10.1 Å². The first-order valence-electron chi connectivity index (χ1n) is 10.9. The number of ether oxygens (including phenoxy) is 2. The van der Waals surface area contributed by atoms with E-state index in [1.165, 1.54) is 0 Å². The highest BCUT2D eigenvalue weighted by Gasteiger charge is 2.22. The Labute approximate surface area is 202 Å². The van der Waals surface area contributed by atoms with Crippen LogP contribution in [0.5, 0.6) is 5.75 Å². The molecular weight excluding hydrogens is 446 g/mol. The molecule has 8 heteroatoms. The molecule has 0 bridgehead atoms. The zero-order valence-corrected chi connectivity index (χ0v) is 20.1. The van der Waals surface area contributed by atoms with Crippen LogP contribution in [0.1, 0.15) is 0 Å². The van der Waals surface area contributed by atoms with Crippen molar-refractivity contribution >= 4 is 27.4 Å². The lowest BCUT2D eigenvalue weighted by molar-refractivity contribution is 0.210. The van der Waals surface area contributed by atoms with Crippen molar-refractivity contribution in [1.29, 1.82) is 0 Å². The SMILES string of the molecule is COCCNc1nc(-c2nccn2C)nc2sc(-c3ccc(OC)cc3)c(-c3ccccc3)c12. The number of hydrogen-bond donors (Lipinski definition) is 1. The zero-order chi connectivity index (χ0) is 23.5. The summed E-state index contributed by atoms with van der Waals surface area (Å²) in [5.74, 6) is 2.90. The number of thiophene rings is 1. The van der Waals surface area contributed by atoms with Crippen LogP contribution in [0.4, 0.5) is 5.82 Å². The minimum absolute atomic E-state index is 0.569. The molecule has 0 aliphatic rings. The van der Waals surface area contributed by atoms with E-state index in [0.717, 1.165) is 49.2 Å². The first-order valence-corrected chi connectivity index (χ1v) is 11.8. The summed E-state index contributed by atoms with van der Waals surface area (Å²) in [6, 6.07) is 18.5. The molecule has 34 heavy (non-hydrogen) atoms. The summed E-state index contributed by atoms with van der Waals surface area (Å²) in [6.45, 7) is 1.20. The Balaban J connectivity index is 1.78. The van der Waals surface area contributed by atoms with Gasteiger partial charge in [0.05, 0.1) is 19.1 Å². The van der Waals surface area contributed by atoms with Gasteiger partial charge < -0.3 is 19.4 Å². The van der Waals surface area contributed by atoms with Gasteiger partial charge in [0.2, 0.25) is 0 Å². The molecule has 3 heterocycles. The van der Waals surface area contributed by atoms with Gasteiger partial charge in [-0.05, 0) is 35.4 Å². The maximum absolute atomic E-state index is 5.37. The van der Waals surface area contributed by atoms with Crippen molar-refractivity contribution in [3.63, 3.8) is 0 Å². The standard InChI is InChI=1S/C26H25N5O2S/c1-31-15-13-28-25(31)24-29-23(27-14-16-32-2)21-20(17-7-5-4-6-8-17)22(34-26(21)30-24)18-9-11-19(33-3)12-10-18/h4-13,15H,14,16H2,1-3H3,(H,27,29,30). The molecule has 0 amide bonds. The van der Waals surface area contributed by atoms with Gasteiger partial charge in [-0.2, -0.15) is 0 Å². The van der Waals surface area contributed by atoms with Gasteiger partial charge in [0.15, 0.2) is 11.6 Å². The molecule has 0 saturated heterocycles. The maximum atomic E-state index is 5.37. The van der Waals surface area contributed by atoms with Gasteiger partial charge in [-0.1, -0.05) is 30.3 Å². The summed E-state index contributed by atoms with van der Waals surface area (Å²) in [4.78, 5) is 16.4. The first kappa shape index (κ1) is 22.1. The summed E-state index contributed by atoms with van der Waals surface area (Å²) < 4.78 is 12.6. The van der Waals surface area contributed by atoms with Crippen molar-refractivity contribution in [1.82, 2.24) is 19.5 Å². The largest absolute Gasteiger partial charge is 0.497 e. The minimum atomic E-state index is 0.569. The van der Waals surface area contributed by atoms with Gasteiger partial charge in [0, 0.05) is 43.5 Å². The van der Waals surface area contributed by atoms with E-state index in [4.69, 9.17) is 19.4 Å². The van der Waals surface area contributed by atoms with Gasteiger partial charge in [-0.15, -0.1) is 11.3 Å². The predicted octanol–water partition coefficient (Wildman–Crippen LogP) is 5.49. The number of hydrogen-bond acceptors (Lipinski definition) is 7. The zero-order valence-electron chi connectivity index (χ0n) is 19.3. The molecule has 0 radical (unpaired) electrons. The third kappa shape index (κ3) is 4.13. The van der Waals surface area contributed by atoms with Crippen molar-refractivity contribution < 1.29 is 9.47 Å². The summed E-state index contributed by atoms with van der Waals surface area (Å²) in [7, 11) is 5.31. The number of methoxy groups -OCH3 is 2. The Bertz CT molecular complexity index is 1410. The van der Waals surface area contributed by atoms with E-state index < -0.39 is 0 Å². The molecule has 5 rings (SSSR count). The molecule has 0 saturated carbocycles. The summed E-state index contributed by atoms with van der Waals surface area (Å²) in [6.07, 6.45) is 3.65. The summed E-state index contributed by atoms with van der Waals surface area (Å²) >= 11 is 1.66. The average molecular weight is 472 g/mol. The maximum Gasteiger partial charge on any atom is 0.199 e. The average Bonchev–Trinajstić information content (AvgIpc) is 3.48. The third-order valence-corrected chi connectivity index (χ3v) is 6.72. The van der Waals surface area contributed by atoms with E-state index in [1.807, 2.05) is 36.0 Å². The van der Waals surface area contributed by atoms with Crippen molar-refractivity contribution in [2.45, 2.75) is 0 Å². The van der Waals surface area contributed by atoms with Crippen LogP contribution in [0.15, 0.2) is 67.0 Å². The lowest BCUT2D eigenvalue weighted by Crippen LogP contribution is -2.10. The molecule has 0 spiro atoms. The second-order valence-electron chi connectivity index (χ2n) is 7.76. The second kappa shape index (κ2) is 9.62. The van der Waals surface area contributed by atoms with Crippen LogP contribution in [0.2, 0.25) is 0 Å². The number of benzene rings is 2. The normalized spacial score (nSPS) is 11.1. The molecule has 0 aliphatic carbocycles. The number of imidazole rings is 1. The number of aromatic nitrogens is 4. The first-order chi connectivity index (χ1) is 16.7. The Morgan fingerprint density at radius 2 is 1.76 bits per heavy atom. The number of nitrogens with zero attached hydrogens (tertiary/aromatic N) is 4. The molecule has 0 unspecified atom stereocenters. The second-order valence-corrected chi connectivity index (χ2v) is 8.76. The van der Waals surface area contributed by atoms with E-state index >= 15 is 0 Å². The molecule has 5 aromatic rings. The number of anilines is 1. The molecule has 172 valence electrons. The van der Waals surface area contributed by atoms with Crippen molar-refractivity contribution in [2.24, 2.45) is 7.05 Å². The highest BCUT2D eigenvalue weighted by molar-refractivity contribution is 7.22. The monoisotopic (exact) mass is 471 g/mol. The van der Waals surface area contributed by atoms with E-state index in [-0.39, 0.29) is 0 Å². The lowest BCUT2D eigenvalue weighted by atomic mass is 9.99. The Hall–Kier alpha value is -3.75. The van der Waals surface area contributed by atoms with Crippen LogP contribution >= 0.6 is 11.3 Å². The summed E-state index contributed by atoms with van der Waals surface area (Å²) in [5.41, 5.74) is 3.32. The van der Waals surface area contributed by atoms with Crippen LogP contribution in [0, 0.1) is 0 Å². The smallest absolute Gasteiger partial charge is 0.199 e. The lowest BCUT2D eigenvalue weighted by Gasteiger charge is -2.11.